The minimum absolute atomic E-state index is 0.510. The van der Waals surface area contributed by atoms with E-state index in [0.29, 0.717) is 11.5 Å². The maximum atomic E-state index is 5.77. The van der Waals surface area contributed by atoms with Gasteiger partial charge in [-0.25, -0.2) is 0 Å². The van der Waals surface area contributed by atoms with Crippen molar-refractivity contribution < 1.29 is 0 Å². The van der Waals surface area contributed by atoms with Crippen molar-refractivity contribution in [3.05, 3.63) is 0 Å². The summed E-state index contributed by atoms with van der Waals surface area (Å²) in [7, 11) is 0. The van der Waals surface area contributed by atoms with Gasteiger partial charge in [-0.1, -0.05) is 20.8 Å². The van der Waals surface area contributed by atoms with Crippen LogP contribution in [0.25, 0.3) is 0 Å². The van der Waals surface area contributed by atoms with Crippen LogP contribution in [0, 0.1) is 23.2 Å². The second kappa shape index (κ2) is 4.06. The van der Waals surface area contributed by atoms with Crippen molar-refractivity contribution in [3.8, 4) is 0 Å². The van der Waals surface area contributed by atoms with Crippen LogP contribution in [-0.4, -0.2) is 6.04 Å². The third-order valence-corrected chi connectivity index (χ3v) is 4.66. The zero-order valence-electron chi connectivity index (χ0n) is 10.4. The van der Waals surface area contributed by atoms with E-state index in [9.17, 15) is 0 Å². The molecule has 2 aliphatic rings. The van der Waals surface area contributed by atoms with E-state index in [0.717, 1.165) is 17.8 Å². The average Bonchev–Trinajstić information content (AvgIpc) is 2.83. The molecule has 0 amide bonds. The van der Waals surface area contributed by atoms with Crippen molar-refractivity contribution in [2.75, 3.05) is 0 Å². The van der Waals surface area contributed by atoms with E-state index >= 15 is 0 Å². The van der Waals surface area contributed by atoms with Crippen molar-refractivity contribution in [2.45, 2.75) is 58.9 Å². The summed E-state index contributed by atoms with van der Waals surface area (Å²) in [5.74, 6) is 8.35. The molecule has 3 atom stereocenters. The Bertz CT molecular complexity index is 213. The minimum Gasteiger partial charge on any atom is -0.271 e. The van der Waals surface area contributed by atoms with Gasteiger partial charge in [-0.3, -0.25) is 11.3 Å². The highest BCUT2D eigenvalue weighted by Gasteiger charge is 2.48. The number of nitrogens with two attached hydrogens (primary N) is 1. The molecule has 2 nitrogen and oxygen atoms in total. The van der Waals surface area contributed by atoms with Crippen LogP contribution < -0.4 is 11.3 Å². The van der Waals surface area contributed by atoms with Crippen LogP contribution in [0.1, 0.15) is 52.9 Å². The summed E-state index contributed by atoms with van der Waals surface area (Å²) in [4.78, 5) is 0. The normalized spacial score (nSPS) is 41.2. The molecule has 0 aromatic heterocycles. The maximum Gasteiger partial charge on any atom is 0.0292 e. The van der Waals surface area contributed by atoms with E-state index < -0.39 is 0 Å². The molecule has 15 heavy (non-hydrogen) atoms. The predicted molar refractivity (Wildman–Crippen MR) is 64.1 cm³/mol. The second-order valence-corrected chi connectivity index (χ2v) is 6.48. The fourth-order valence-corrected chi connectivity index (χ4v) is 3.70. The Balaban J connectivity index is 2.01. The lowest BCUT2D eigenvalue weighted by Crippen LogP contribution is -2.48. The van der Waals surface area contributed by atoms with Gasteiger partial charge in [0, 0.05) is 6.04 Å². The third kappa shape index (κ3) is 2.36. The molecule has 3 unspecified atom stereocenters. The van der Waals surface area contributed by atoms with Gasteiger partial charge in [0.25, 0.3) is 0 Å². The number of hydrogen-bond donors (Lipinski definition) is 2. The van der Waals surface area contributed by atoms with Gasteiger partial charge in [0.1, 0.15) is 0 Å². The summed E-state index contributed by atoms with van der Waals surface area (Å²) < 4.78 is 0. The number of hydrazine groups is 1. The Morgan fingerprint density at radius 1 is 1.13 bits per heavy atom. The predicted octanol–water partition coefficient (Wildman–Crippen LogP) is 2.69. The van der Waals surface area contributed by atoms with Crippen molar-refractivity contribution in [1.29, 1.82) is 0 Å². The van der Waals surface area contributed by atoms with E-state index in [2.05, 4.69) is 26.2 Å². The summed E-state index contributed by atoms with van der Waals surface area (Å²) >= 11 is 0. The van der Waals surface area contributed by atoms with E-state index in [1.807, 2.05) is 0 Å². The van der Waals surface area contributed by atoms with Gasteiger partial charge < -0.3 is 0 Å². The summed E-state index contributed by atoms with van der Waals surface area (Å²) in [5.41, 5.74) is 3.63. The van der Waals surface area contributed by atoms with E-state index in [1.165, 1.54) is 32.1 Å². The highest BCUT2D eigenvalue weighted by Crippen LogP contribution is 2.52. The lowest BCUT2D eigenvalue weighted by atomic mass is 9.71. The fraction of sp³-hybridized carbons (Fsp3) is 1.00. The van der Waals surface area contributed by atoms with Crippen LogP contribution in [0.3, 0.4) is 0 Å². The Labute approximate surface area is 94.0 Å². The minimum atomic E-state index is 0.510. The van der Waals surface area contributed by atoms with Crippen molar-refractivity contribution in [2.24, 2.45) is 29.0 Å². The first-order valence-electron chi connectivity index (χ1n) is 6.51. The van der Waals surface area contributed by atoms with Crippen molar-refractivity contribution in [1.82, 2.24) is 5.43 Å². The molecule has 2 saturated carbocycles. The molecular weight excluding hydrogens is 184 g/mol. The van der Waals surface area contributed by atoms with Gasteiger partial charge in [-0.05, 0) is 55.3 Å². The quantitative estimate of drug-likeness (QED) is 0.555. The van der Waals surface area contributed by atoms with Crippen LogP contribution in [0.5, 0.6) is 0 Å². The van der Waals surface area contributed by atoms with Gasteiger partial charge in [0.2, 0.25) is 0 Å². The molecule has 88 valence electrons. The lowest BCUT2D eigenvalue weighted by Gasteiger charge is -2.39. The molecule has 3 N–H and O–H groups in total. The summed E-state index contributed by atoms with van der Waals surface area (Å²) in [6.45, 7) is 7.18. The summed E-state index contributed by atoms with van der Waals surface area (Å²) in [5, 5.41) is 0. The Morgan fingerprint density at radius 3 is 2.07 bits per heavy atom. The highest BCUT2D eigenvalue weighted by atomic mass is 15.2. The molecular formula is C13H26N2. The SMILES string of the molecule is CC1CC(C)CC(C(NN)C2(C)CC2)C1. The summed E-state index contributed by atoms with van der Waals surface area (Å²) in [6, 6.07) is 0.558. The van der Waals surface area contributed by atoms with Crippen LogP contribution in [-0.2, 0) is 0 Å². The molecule has 0 aliphatic heterocycles. The number of nitrogens with one attached hydrogen (secondary N) is 1. The largest absolute Gasteiger partial charge is 0.271 e. The molecule has 0 bridgehead atoms. The first-order valence-corrected chi connectivity index (χ1v) is 6.51. The monoisotopic (exact) mass is 210 g/mol. The Kier molecular flexibility index (Phi) is 3.09. The third-order valence-electron chi connectivity index (χ3n) is 4.66. The van der Waals surface area contributed by atoms with Crippen LogP contribution in [0.15, 0.2) is 0 Å². The molecule has 2 heteroatoms. The van der Waals surface area contributed by atoms with E-state index in [1.54, 1.807) is 0 Å². The smallest absolute Gasteiger partial charge is 0.0292 e. The van der Waals surface area contributed by atoms with Crippen LogP contribution in [0.2, 0.25) is 0 Å². The number of rotatable bonds is 3. The standard InChI is InChI=1S/C13H26N2/c1-9-6-10(2)8-11(7-9)12(15-14)13(3)4-5-13/h9-12,15H,4-8,14H2,1-3H3. The number of hydrogen-bond acceptors (Lipinski definition) is 2. The maximum absolute atomic E-state index is 5.77. The molecule has 0 heterocycles. The van der Waals surface area contributed by atoms with E-state index in [-0.39, 0.29) is 0 Å². The van der Waals surface area contributed by atoms with Gasteiger partial charge in [-0.15, -0.1) is 0 Å². The second-order valence-electron chi connectivity index (χ2n) is 6.48. The molecule has 2 fully saturated rings. The summed E-state index contributed by atoms with van der Waals surface area (Å²) in [6.07, 6.45) is 6.87. The van der Waals surface area contributed by atoms with Gasteiger partial charge >= 0.3 is 0 Å². The molecule has 0 aromatic carbocycles. The van der Waals surface area contributed by atoms with Crippen LogP contribution >= 0.6 is 0 Å². The Morgan fingerprint density at radius 2 is 1.67 bits per heavy atom. The van der Waals surface area contributed by atoms with E-state index in [4.69, 9.17) is 5.84 Å². The zero-order chi connectivity index (χ0) is 11.1. The molecule has 0 aromatic rings. The highest BCUT2D eigenvalue weighted by molar-refractivity contribution is 5.01. The Hall–Kier alpha value is -0.0800. The lowest BCUT2D eigenvalue weighted by molar-refractivity contribution is 0.140. The van der Waals surface area contributed by atoms with Crippen molar-refractivity contribution >= 4 is 0 Å². The molecule has 0 radical (unpaired) electrons. The molecule has 0 saturated heterocycles. The molecule has 2 rings (SSSR count). The van der Waals surface area contributed by atoms with Crippen LogP contribution in [0.4, 0.5) is 0 Å². The van der Waals surface area contributed by atoms with Gasteiger partial charge in [0.05, 0.1) is 0 Å². The first kappa shape index (κ1) is 11.4. The zero-order valence-corrected chi connectivity index (χ0v) is 10.4. The average molecular weight is 210 g/mol. The molecule has 0 spiro atoms. The van der Waals surface area contributed by atoms with Gasteiger partial charge in [-0.2, -0.15) is 0 Å². The molecule has 2 aliphatic carbocycles. The topological polar surface area (TPSA) is 38.0 Å². The fourth-order valence-electron chi connectivity index (χ4n) is 3.70. The van der Waals surface area contributed by atoms with Gasteiger partial charge in [0.15, 0.2) is 0 Å². The first-order chi connectivity index (χ1) is 7.05. The van der Waals surface area contributed by atoms with Crippen molar-refractivity contribution in [3.63, 3.8) is 0 Å².